The van der Waals surface area contributed by atoms with E-state index in [0.29, 0.717) is 15.7 Å². The molecule has 0 spiro atoms. The Hall–Kier alpha value is -2.05. The maximum atomic E-state index is 12.0. The molecule has 24 heavy (non-hydrogen) atoms. The second-order valence-corrected chi connectivity index (χ2v) is 6.10. The van der Waals surface area contributed by atoms with Crippen molar-refractivity contribution in [3.05, 3.63) is 46.2 Å². The summed E-state index contributed by atoms with van der Waals surface area (Å²) < 4.78 is 6.51. The standard InChI is InChI=1S/C16H17Cl2N3O3/c1-10(2)24-15(22)5-7-19-16(23)14-6-8-21(20-14)11-3-4-12(17)13(18)9-11/h3-4,6,8-10H,5,7H2,1-2H3,(H,19,23). The topological polar surface area (TPSA) is 73.2 Å². The Bertz CT molecular complexity index is 744. The van der Waals surface area contributed by atoms with Gasteiger partial charge in [0, 0.05) is 12.7 Å². The summed E-state index contributed by atoms with van der Waals surface area (Å²) >= 11 is 11.8. The second kappa shape index (κ2) is 8.17. The molecule has 0 saturated heterocycles. The van der Waals surface area contributed by atoms with E-state index in [1.54, 1.807) is 44.3 Å². The van der Waals surface area contributed by atoms with Crippen LogP contribution >= 0.6 is 23.2 Å². The molecule has 1 N–H and O–H groups in total. The highest BCUT2D eigenvalue weighted by Gasteiger charge is 2.12. The highest BCUT2D eigenvalue weighted by Crippen LogP contribution is 2.24. The summed E-state index contributed by atoms with van der Waals surface area (Å²) in [6.07, 6.45) is 1.58. The zero-order valence-corrected chi connectivity index (χ0v) is 14.8. The predicted molar refractivity (Wildman–Crippen MR) is 91.8 cm³/mol. The summed E-state index contributed by atoms with van der Waals surface area (Å²) in [5.74, 6) is -0.724. The number of carbonyl (C=O) groups is 2. The lowest BCUT2D eigenvalue weighted by Gasteiger charge is -2.08. The molecule has 2 aromatic rings. The Kier molecular flexibility index (Phi) is 6.23. The molecule has 0 fully saturated rings. The van der Waals surface area contributed by atoms with E-state index in [-0.39, 0.29) is 36.6 Å². The first-order chi connectivity index (χ1) is 11.4. The summed E-state index contributed by atoms with van der Waals surface area (Å²) in [5.41, 5.74) is 0.919. The monoisotopic (exact) mass is 369 g/mol. The van der Waals surface area contributed by atoms with E-state index < -0.39 is 0 Å². The van der Waals surface area contributed by atoms with Gasteiger partial charge in [-0.1, -0.05) is 23.2 Å². The number of halogens is 2. The van der Waals surface area contributed by atoms with Crippen LogP contribution in [0.25, 0.3) is 5.69 Å². The van der Waals surface area contributed by atoms with Gasteiger partial charge >= 0.3 is 5.97 Å². The Morgan fingerprint density at radius 1 is 1.25 bits per heavy atom. The van der Waals surface area contributed by atoms with Crippen LogP contribution in [0.2, 0.25) is 10.0 Å². The number of benzene rings is 1. The fraction of sp³-hybridized carbons (Fsp3) is 0.312. The van der Waals surface area contributed by atoms with Gasteiger partial charge < -0.3 is 10.1 Å². The number of nitrogens with zero attached hydrogens (tertiary/aromatic N) is 2. The van der Waals surface area contributed by atoms with Crippen molar-refractivity contribution in [1.29, 1.82) is 0 Å². The van der Waals surface area contributed by atoms with E-state index in [9.17, 15) is 9.59 Å². The molecule has 1 amide bonds. The van der Waals surface area contributed by atoms with Gasteiger partial charge in [0.25, 0.3) is 5.91 Å². The summed E-state index contributed by atoms with van der Waals surface area (Å²) in [7, 11) is 0. The third-order valence-corrected chi connectivity index (χ3v) is 3.71. The Labute approximate surface area is 149 Å². The molecule has 1 aromatic carbocycles. The molecule has 1 heterocycles. The van der Waals surface area contributed by atoms with Crippen LogP contribution in [0.3, 0.4) is 0 Å². The van der Waals surface area contributed by atoms with Crippen LogP contribution in [-0.4, -0.2) is 34.3 Å². The maximum absolute atomic E-state index is 12.0. The fourth-order valence-corrected chi connectivity index (χ4v) is 2.20. The van der Waals surface area contributed by atoms with Crippen LogP contribution in [-0.2, 0) is 9.53 Å². The number of hydrogen-bond donors (Lipinski definition) is 1. The minimum absolute atomic E-state index is 0.109. The molecule has 2 rings (SSSR count). The van der Waals surface area contributed by atoms with Crippen LogP contribution in [0.1, 0.15) is 30.8 Å². The van der Waals surface area contributed by atoms with E-state index in [0.717, 1.165) is 0 Å². The summed E-state index contributed by atoms with van der Waals surface area (Å²) in [6, 6.07) is 6.62. The van der Waals surface area contributed by atoms with Crippen LogP contribution in [0.15, 0.2) is 30.5 Å². The summed E-state index contributed by atoms with van der Waals surface area (Å²) in [5, 5.41) is 7.66. The minimum atomic E-state index is -0.369. The van der Waals surface area contributed by atoms with Crippen molar-refractivity contribution in [2.24, 2.45) is 0 Å². The molecule has 6 nitrogen and oxygen atoms in total. The first-order valence-corrected chi connectivity index (χ1v) is 8.11. The number of amides is 1. The van der Waals surface area contributed by atoms with Gasteiger partial charge in [-0.05, 0) is 38.1 Å². The number of hydrogen-bond acceptors (Lipinski definition) is 4. The van der Waals surface area contributed by atoms with Gasteiger partial charge in [-0.25, -0.2) is 4.68 Å². The van der Waals surface area contributed by atoms with Gasteiger partial charge in [-0.2, -0.15) is 5.10 Å². The molecule has 0 atom stereocenters. The second-order valence-electron chi connectivity index (χ2n) is 5.29. The van der Waals surface area contributed by atoms with E-state index in [1.165, 1.54) is 4.68 Å². The first kappa shape index (κ1) is 18.3. The molecule has 0 aliphatic rings. The molecule has 0 bridgehead atoms. The van der Waals surface area contributed by atoms with E-state index in [1.807, 2.05) is 0 Å². The molecule has 0 saturated carbocycles. The van der Waals surface area contributed by atoms with Crippen molar-refractivity contribution in [2.45, 2.75) is 26.4 Å². The minimum Gasteiger partial charge on any atom is -0.463 e. The van der Waals surface area contributed by atoms with Gasteiger partial charge in [0.05, 0.1) is 28.3 Å². The lowest BCUT2D eigenvalue weighted by atomic mass is 10.3. The van der Waals surface area contributed by atoms with Crippen molar-refractivity contribution in [2.75, 3.05) is 6.54 Å². The molecular weight excluding hydrogens is 353 g/mol. The van der Waals surface area contributed by atoms with E-state index in [2.05, 4.69) is 10.4 Å². The first-order valence-electron chi connectivity index (χ1n) is 7.35. The maximum Gasteiger partial charge on any atom is 0.307 e. The summed E-state index contributed by atoms with van der Waals surface area (Å²) in [4.78, 5) is 23.4. The highest BCUT2D eigenvalue weighted by atomic mass is 35.5. The van der Waals surface area contributed by atoms with Crippen LogP contribution in [0.5, 0.6) is 0 Å². The van der Waals surface area contributed by atoms with Crippen molar-refractivity contribution >= 4 is 35.1 Å². The average Bonchev–Trinajstić information content (AvgIpc) is 2.99. The lowest BCUT2D eigenvalue weighted by molar-refractivity contribution is -0.147. The molecular formula is C16H17Cl2N3O3. The van der Waals surface area contributed by atoms with Crippen LogP contribution < -0.4 is 5.32 Å². The Balaban J connectivity index is 1.93. The number of ether oxygens (including phenoxy) is 1. The van der Waals surface area contributed by atoms with Gasteiger partial charge in [0.2, 0.25) is 0 Å². The molecule has 128 valence electrons. The van der Waals surface area contributed by atoms with Crippen molar-refractivity contribution in [3.8, 4) is 5.69 Å². The van der Waals surface area contributed by atoms with Gasteiger partial charge in [-0.3, -0.25) is 9.59 Å². The van der Waals surface area contributed by atoms with Crippen molar-refractivity contribution in [3.63, 3.8) is 0 Å². The number of nitrogens with one attached hydrogen (secondary N) is 1. The van der Waals surface area contributed by atoms with Gasteiger partial charge in [0.15, 0.2) is 5.69 Å². The number of aromatic nitrogens is 2. The van der Waals surface area contributed by atoms with E-state index in [4.69, 9.17) is 27.9 Å². The zero-order chi connectivity index (χ0) is 17.7. The zero-order valence-electron chi connectivity index (χ0n) is 13.3. The molecule has 0 unspecified atom stereocenters. The smallest absolute Gasteiger partial charge is 0.307 e. The number of esters is 1. The predicted octanol–water partition coefficient (Wildman–Crippen LogP) is 3.25. The quantitative estimate of drug-likeness (QED) is 0.793. The molecule has 0 radical (unpaired) electrons. The molecule has 0 aliphatic carbocycles. The van der Waals surface area contributed by atoms with Crippen molar-refractivity contribution in [1.82, 2.24) is 15.1 Å². The van der Waals surface area contributed by atoms with Gasteiger partial charge in [-0.15, -0.1) is 0 Å². The van der Waals surface area contributed by atoms with E-state index >= 15 is 0 Å². The molecule has 8 heteroatoms. The fourth-order valence-electron chi connectivity index (χ4n) is 1.91. The third kappa shape index (κ3) is 4.97. The van der Waals surface area contributed by atoms with Gasteiger partial charge in [0.1, 0.15) is 0 Å². The van der Waals surface area contributed by atoms with Crippen LogP contribution in [0.4, 0.5) is 0 Å². The lowest BCUT2D eigenvalue weighted by Crippen LogP contribution is -2.27. The Morgan fingerprint density at radius 2 is 2.00 bits per heavy atom. The summed E-state index contributed by atoms with van der Waals surface area (Å²) in [6.45, 7) is 3.72. The number of rotatable bonds is 6. The van der Waals surface area contributed by atoms with Crippen molar-refractivity contribution < 1.29 is 14.3 Å². The normalized spacial score (nSPS) is 10.7. The number of carbonyl (C=O) groups excluding carboxylic acids is 2. The third-order valence-electron chi connectivity index (χ3n) is 2.97. The van der Waals surface area contributed by atoms with Crippen LogP contribution in [0, 0.1) is 0 Å². The Morgan fingerprint density at radius 3 is 2.67 bits per heavy atom. The SMILES string of the molecule is CC(C)OC(=O)CCNC(=O)c1ccn(-c2ccc(Cl)c(Cl)c2)n1. The average molecular weight is 370 g/mol. The largest absolute Gasteiger partial charge is 0.463 e. The molecule has 0 aliphatic heterocycles. The highest BCUT2D eigenvalue weighted by molar-refractivity contribution is 6.42. The molecule has 1 aromatic heterocycles.